The molecule has 2 heteroatoms. The van der Waals surface area contributed by atoms with Crippen molar-refractivity contribution >= 4 is 0 Å². The molecule has 2 nitrogen and oxygen atoms in total. The minimum Gasteiger partial charge on any atom is -0.315 e. The van der Waals surface area contributed by atoms with Crippen LogP contribution in [-0.4, -0.2) is 37.6 Å². The maximum absolute atomic E-state index is 3.54. The van der Waals surface area contributed by atoms with E-state index in [-0.39, 0.29) is 0 Å². The zero-order chi connectivity index (χ0) is 11.5. The van der Waals surface area contributed by atoms with Gasteiger partial charge in [-0.2, -0.15) is 0 Å². The van der Waals surface area contributed by atoms with E-state index in [1.165, 1.54) is 45.2 Å². The molecule has 0 aliphatic carbocycles. The molecule has 0 aromatic carbocycles. The van der Waals surface area contributed by atoms with Gasteiger partial charge in [0, 0.05) is 12.6 Å². The van der Waals surface area contributed by atoms with Crippen LogP contribution in [-0.2, 0) is 0 Å². The van der Waals surface area contributed by atoms with E-state index in [9.17, 15) is 0 Å². The zero-order valence-corrected chi connectivity index (χ0v) is 11.2. The average molecular weight is 214 g/mol. The molecule has 0 aromatic heterocycles. The van der Waals surface area contributed by atoms with E-state index in [1.807, 2.05) is 0 Å². The molecule has 0 bridgehead atoms. The van der Waals surface area contributed by atoms with Crippen molar-refractivity contribution in [2.75, 3.05) is 26.7 Å². The summed E-state index contributed by atoms with van der Waals surface area (Å²) in [6.07, 6.45) is 6.60. The van der Waals surface area contributed by atoms with E-state index >= 15 is 0 Å². The van der Waals surface area contributed by atoms with Gasteiger partial charge in [0.1, 0.15) is 0 Å². The Kier molecular flexibility index (Phi) is 10.4. The van der Waals surface area contributed by atoms with Crippen LogP contribution in [0.3, 0.4) is 0 Å². The number of hydrogen-bond donors (Lipinski definition) is 1. The van der Waals surface area contributed by atoms with Crippen LogP contribution in [0.25, 0.3) is 0 Å². The molecular weight excluding hydrogens is 184 g/mol. The molecule has 0 heterocycles. The van der Waals surface area contributed by atoms with Crippen molar-refractivity contribution in [2.24, 2.45) is 0 Å². The third-order valence-electron chi connectivity index (χ3n) is 3.01. The maximum Gasteiger partial charge on any atom is 0.0189 e. The first kappa shape index (κ1) is 14.9. The van der Waals surface area contributed by atoms with E-state index in [4.69, 9.17) is 0 Å². The quantitative estimate of drug-likeness (QED) is 0.563. The van der Waals surface area contributed by atoms with Crippen LogP contribution in [0.5, 0.6) is 0 Å². The van der Waals surface area contributed by atoms with Crippen molar-refractivity contribution < 1.29 is 0 Å². The molecule has 92 valence electrons. The highest BCUT2D eigenvalue weighted by Crippen LogP contribution is 1.98. The van der Waals surface area contributed by atoms with Gasteiger partial charge in [-0.15, -0.1) is 0 Å². The smallest absolute Gasteiger partial charge is 0.0189 e. The Hall–Kier alpha value is -0.0800. The van der Waals surface area contributed by atoms with Gasteiger partial charge in [-0.1, -0.05) is 33.1 Å². The molecule has 0 fully saturated rings. The van der Waals surface area contributed by atoms with Crippen LogP contribution < -0.4 is 5.32 Å². The lowest BCUT2D eigenvalue weighted by Gasteiger charge is -2.24. The van der Waals surface area contributed by atoms with Gasteiger partial charge in [0.25, 0.3) is 0 Å². The van der Waals surface area contributed by atoms with Gasteiger partial charge in [0.15, 0.2) is 0 Å². The van der Waals surface area contributed by atoms with Gasteiger partial charge in [-0.25, -0.2) is 0 Å². The first-order chi connectivity index (χ1) is 7.22. The molecule has 1 atom stereocenters. The molecule has 0 radical (unpaired) electrons. The first-order valence-corrected chi connectivity index (χ1v) is 6.63. The lowest BCUT2D eigenvalue weighted by Crippen LogP contribution is -2.38. The van der Waals surface area contributed by atoms with Crippen LogP contribution in [0.4, 0.5) is 0 Å². The minimum atomic E-state index is 0.665. The van der Waals surface area contributed by atoms with Crippen molar-refractivity contribution in [1.29, 1.82) is 0 Å². The Bertz CT molecular complexity index is 126. The van der Waals surface area contributed by atoms with Gasteiger partial charge < -0.3 is 10.2 Å². The van der Waals surface area contributed by atoms with Crippen LogP contribution >= 0.6 is 0 Å². The fraction of sp³-hybridized carbons (Fsp3) is 1.00. The number of hydrogen-bond acceptors (Lipinski definition) is 2. The molecule has 0 aliphatic heterocycles. The molecule has 1 unspecified atom stereocenters. The van der Waals surface area contributed by atoms with Crippen LogP contribution in [0.15, 0.2) is 0 Å². The molecule has 1 N–H and O–H groups in total. The Morgan fingerprint density at radius 3 is 2.33 bits per heavy atom. The van der Waals surface area contributed by atoms with E-state index in [0.29, 0.717) is 6.04 Å². The normalized spacial score (nSPS) is 13.4. The molecule has 0 aromatic rings. The molecular formula is C13H30N2. The van der Waals surface area contributed by atoms with E-state index in [1.54, 1.807) is 0 Å². The second-order valence-corrected chi connectivity index (χ2v) is 4.59. The monoisotopic (exact) mass is 214 g/mol. The zero-order valence-electron chi connectivity index (χ0n) is 11.2. The molecule has 15 heavy (non-hydrogen) atoms. The highest BCUT2D eigenvalue weighted by atomic mass is 15.1. The lowest BCUT2D eigenvalue weighted by atomic mass is 10.2. The molecule has 0 amide bonds. The fourth-order valence-corrected chi connectivity index (χ4v) is 1.59. The molecule has 0 aliphatic rings. The Morgan fingerprint density at radius 1 is 1.07 bits per heavy atom. The number of rotatable bonds is 10. The van der Waals surface area contributed by atoms with Crippen LogP contribution in [0.2, 0.25) is 0 Å². The second-order valence-electron chi connectivity index (χ2n) is 4.59. The molecule has 0 spiro atoms. The summed E-state index contributed by atoms with van der Waals surface area (Å²) in [6.45, 7) is 10.4. The van der Waals surface area contributed by atoms with E-state index in [2.05, 4.69) is 38.0 Å². The summed E-state index contributed by atoms with van der Waals surface area (Å²) in [5.74, 6) is 0. The third kappa shape index (κ3) is 8.88. The Morgan fingerprint density at radius 2 is 1.73 bits per heavy atom. The lowest BCUT2D eigenvalue weighted by molar-refractivity contribution is 0.247. The van der Waals surface area contributed by atoms with E-state index < -0.39 is 0 Å². The summed E-state index contributed by atoms with van der Waals surface area (Å²) in [5.41, 5.74) is 0. The third-order valence-corrected chi connectivity index (χ3v) is 3.01. The van der Waals surface area contributed by atoms with Crippen molar-refractivity contribution in [3.63, 3.8) is 0 Å². The topological polar surface area (TPSA) is 15.3 Å². The average Bonchev–Trinajstić information content (AvgIpc) is 2.25. The molecule has 0 saturated heterocycles. The van der Waals surface area contributed by atoms with Crippen LogP contribution in [0, 0.1) is 0 Å². The van der Waals surface area contributed by atoms with Crippen LogP contribution in [0.1, 0.15) is 52.9 Å². The summed E-state index contributed by atoms with van der Waals surface area (Å²) >= 11 is 0. The summed E-state index contributed by atoms with van der Waals surface area (Å²) in [4.78, 5) is 2.45. The Labute approximate surface area is 96.4 Å². The van der Waals surface area contributed by atoms with Gasteiger partial charge in [-0.3, -0.25) is 0 Å². The largest absolute Gasteiger partial charge is 0.315 e. The van der Waals surface area contributed by atoms with Gasteiger partial charge in [0.2, 0.25) is 0 Å². The fourth-order valence-electron chi connectivity index (χ4n) is 1.59. The van der Waals surface area contributed by atoms with Crippen molar-refractivity contribution in [2.45, 2.75) is 58.9 Å². The maximum atomic E-state index is 3.54. The number of likely N-dealkylation sites (N-methyl/N-ethyl adjacent to an activating group) is 1. The van der Waals surface area contributed by atoms with Gasteiger partial charge in [-0.05, 0) is 39.9 Å². The second kappa shape index (κ2) is 10.4. The standard InChI is InChI=1S/C13H30N2/c1-5-7-9-10-14-12-13(3)15(4)11-8-6-2/h13-14H,5-12H2,1-4H3. The Balaban J connectivity index is 3.34. The highest BCUT2D eigenvalue weighted by Gasteiger charge is 2.06. The highest BCUT2D eigenvalue weighted by molar-refractivity contribution is 4.65. The van der Waals surface area contributed by atoms with Gasteiger partial charge in [0.05, 0.1) is 0 Å². The van der Waals surface area contributed by atoms with Crippen molar-refractivity contribution in [1.82, 2.24) is 10.2 Å². The summed E-state index contributed by atoms with van der Waals surface area (Å²) in [6, 6.07) is 0.665. The predicted octanol–water partition coefficient (Wildman–Crippen LogP) is 2.89. The summed E-state index contributed by atoms with van der Waals surface area (Å²) < 4.78 is 0. The SMILES string of the molecule is CCCCCNCC(C)N(C)CCCC. The van der Waals surface area contributed by atoms with Crippen molar-refractivity contribution in [3.8, 4) is 0 Å². The molecule has 0 rings (SSSR count). The van der Waals surface area contributed by atoms with Crippen molar-refractivity contribution in [3.05, 3.63) is 0 Å². The number of unbranched alkanes of at least 4 members (excludes halogenated alkanes) is 3. The molecule has 0 saturated carbocycles. The number of nitrogens with one attached hydrogen (secondary N) is 1. The first-order valence-electron chi connectivity index (χ1n) is 6.63. The van der Waals surface area contributed by atoms with E-state index in [0.717, 1.165) is 6.54 Å². The summed E-state index contributed by atoms with van der Waals surface area (Å²) in [7, 11) is 2.23. The minimum absolute atomic E-state index is 0.665. The summed E-state index contributed by atoms with van der Waals surface area (Å²) in [5, 5.41) is 3.54. The predicted molar refractivity (Wildman–Crippen MR) is 69.4 cm³/mol. The van der Waals surface area contributed by atoms with Gasteiger partial charge >= 0.3 is 0 Å². The number of nitrogens with zero attached hydrogens (tertiary/aromatic N) is 1.